The molecule has 0 radical (unpaired) electrons. The molecular weight excluding hydrogens is 294 g/mol. The molecule has 0 atom stereocenters. The number of fused-ring (bicyclic) bond motifs is 1. The maximum atomic E-state index is 12.1. The van der Waals surface area contributed by atoms with Gasteiger partial charge >= 0.3 is 0 Å². The summed E-state index contributed by atoms with van der Waals surface area (Å²) in [4.78, 5) is 23.6. The molecule has 0 fully saturated rings. The minimum Gasteiger partial charge on any atom is -0.348 e. The van der Waals surface area contributed by atoms with Crippen LogP contribution in [0.1, 0.15) is 31.2 Å². The predicted octanol–water partition coefficient (Wildman–Crippen LogP) is 3.95. The fraction of sp³-hybridized carbons (Fsp3) is 0.111. The Bertz CT molecular complexity index is 834. The first-order valence-electron chi connectivity index (χ1n) is 6.98. The summed E-state index contributed by atoms with van der Waals surface area (Å²) >= 11 is 1.46. The van der Waals surface area contributed by atoms with Gasteiger partial charge in [-0.2, -0.15) is 0 Å². The number of rotatable bonds is 4. The van der Waals surface area contributed by atoms with E-state index in [1.165, 1.54) is 11.3 Å². The second kappa shape index (κ2) is 6.12. The van der Waals surface area contributed by atoms with Crippen LogP contribution in [0.15, 0.2) is 48.5 Å². The summed E-state index contributed by atoms with van der Waals surface area (Å²) in [5, 5.41) is 3.97. The molecule has 22 heavy (non-hydrogen) atoms. The fourth-order valence-electron chi connectivity index (χ4n) is 2.25. The largest absolute Gasteiger partial charge is 0.348 e. The molecule has 1 amide bonds. The smallest absolute Gasteiger partial charge is 0.251 e. The van der Waals surface area contributed by atoms with E-state index in [9.17, 15) is 9.59 Å². The Balaban J connectivity index is 1.71. The molecule has 0 saturated heterocycles. The minimum absolute atomic E-state index is 0.0835. The zero-order valence-electron chi connectivity index (χ0n) is 12.1. The number of nitrogens with one attached hydrogen (secondary N) is 1. The van der Waals surface area contributed by atoms with Gasteiger partial charge in [-0.3, -0.25) is 9.59 Å². The summed E-state index contributed by atoms with van der Waals surface area (Å²) in [6.45, 7) is 2.46. The molecule has 0 aliphatic heterocycles. The summed E-state index contributed by atoms with van der Waals surface area (Å²) in [5.74, 6) is -0.0835. The van der Waals surface area contributed by atoms with Crippen molar-refractivity contribution in [2.24, 2.45) is 0 Å². The van der Waals surface area contributed by atoms with Crippen molar-refractivity contribution < 1.29 is 9.59 Å². The summed E-state index contributed by atoms with van der Waals surface area (Å²) in [6, 6.07) is 15.3. The normalized spacial score (nSPS) is 10.6. The van der Waals surface area contributed by atoms with Gasteiger partial charge in [0.25, 0.3) is 5.91 Å². The molecule has 0 saturated carbocycles. The minimum atomic E-state index is -0.0835. The molecule has 3 rings (SSSR count). The lowest BCUT2D eigenvalue weighted by molar-refractivity contribution is 0.0950. The Kier molecular flexibility index (Phi) is 4.02. The van der Waals surface area contributed by atoms with E-state index in [1.807, 2.05) is 55.5 Å². The van der Waals surface area contributed by atoms with Crippen molar-refractivity contribution in [3.8, 4) is 0 Å². The van der Waals surface area contributed by atoms with E-state index in [1.54, 1.807) is 0 Å². The molecular formula is C18H15NO2S. The number of amides is 1. The van der Waals surface area contributed by atoms with E-state index < -0.39 is 0 Å². The summed E-state index contributed by atoms with van der Waals surface area (Å²) in [5.41, 5.74) is 2.81. The summed E-state index contributed by atoms with van der Waals surface area (Å²) < 4.78 is 1.06. The number of hydrogen-bond donors (Lipinski definition) is 1. The van der Waals surface area contributed by atoms with Gasteiger partial charge in [0.1, 0.15) is 0 Å². The highest BCUT2D eigenvalue weighted by Gasteiger charge is 2.06. The van der Waals surface area contributed by atoms with E-state index in [-0.39, 0.29) is 5.91 Å². The Labute approximate surface area is 132 Å². The van der Waals surface area contributed by atoms with Gasteiger partial charge in [-0.25, -0.2) is 0 Å². The molecule has 3 aromatic rings. The molecule has 0 aliphatic rings. The second-order valence-corrected chi connectivity index (χ2v) is 6.30. The quantitative estimate of drug-likeness (QED) is 0.742. The van der Waals surface area contributed by atoms with Crippen LogP contribution in [0.5, 0.6) is 0 Å². The zero-order valence-corrected chi connectivity index (χ0v) is 12.9. The maximum absolute atomic E-state index is 12.1. The summed E-state index contributed by atoms with van der Waals surface area (Å²) in [7, 11) is 0. The number of aldehydes is 1. The summed E-state index contributed by atoms with van der Waals surface area (Å²) in [6.07, 6.45) is 0.865. The molecule has 1 heterocycles. The van der Waals surface area contributed by atoms with Crippen molar-refractivity contribution in [1.82, 2.24) is 5.32 Å². The van der Waals surface area contributed by atoms with E-state index >= 15 is 0 Å². The van der Waals surface area contributed by atoms with Crippen molar-refractivity contribution in [3.05, 3.63) is 70.1 Å². The molecule has 1 N–H and O–H groups in total. The van der Waals surface area contributed by atoms with Crippen LogP contribution in [0.3, 0.4) is 0 Å². The standard InChI is InChI=1S/C18H15NO2S/c1-12-2-5-14(6-3-12)18(21)19-10-13-4-7-15-9-16(11-20)22-17(15)8-13/h2-9,11H,10H2,1H3,(H,19,21). The molecule has 4 heteroatoms. The van der Waals surface area contributed by atoms with Crippen molar-refractivity contribution in [1.29, 1.82) is 0 Å². The van der Waals surface area contributed by atoms with Crippen LogP contribution in [-0.2, 0) is 6.54 Å². The predicted molar refractivity (Wildman–Crippen MR) is 89.6 cm³/mol. The third kappa shape index (κ3) is 3.07. The molecule has 3 nitrogen and oxygen atoms in total. The SMILES string of the molecule is Cc1ccc(C(=O)NCc2ccc3cc(C=O)sc3c2)cc1. The first kappa shape index (κ1) is 14.5. The van der Waals surface area contributed by atoms with Gasteiger partial charge in [0.2, 0.25) is 0 Å². The van der Waals surface area contributed by atoms with Gasteiger partial charge in [0.15, 0.2) is 6.29 Å². The first-order valence-corrected chi connectivity index (χ1v) is 7.80. The monoisotopic (exact) mass is 309 g/mol. The van der Waals surface area contributed by atoms with Crippen LogP contribution in [0.2, 0.25) is 0 Å². The van der Waals surface area contributed by atoms with Crippen LogP contribution < -0.4 is 5.32 Å². The van der Waals surface area contributed by atoms with Gasteiger partial charge in [-0.1, -0.05) is 29.8 Å². The molecule has 110 valence electrons. The Hall–Kier alpha value is -2.46. The Morgan fingerprint density at radius 3 is 2.64 bits per heavy atom. The van der Waals surface area contributed by atoms with Crippen LogP contribution in [0.25, 0.3) is 10.1 Å². The lowest BCUT2D eigenvalue weighted by Crippen LogP contribution is -2.22. The van der Waals surface area contributed by atoms with Gasteiger partial charge in [-0.05, 0) is 42.1 Å². The molecule has 0 spiro atoms. The van der Waals surface area contributed by atoms with E-state index in [0.29, 0.717) is 12.1 Å². The van der Waals surface area contributed by atoms with Gasteiger partial charge in [-0.15, -0.1) is 11.3 Å². The maximum Gasteiger partial charge on any atom is 0.251 e. The number of carbonyl (C=O) groups is 2. The Morgan fingerprint density at radius 2 is 1.91 bits per heavy atom. The van der Waals surface area contributed by atoms with Crippen LogP contribution in [0, 0.1) is 6.92 Å². The van der Waals surface area contributed by atoms with Crippen LogP contribution in [0.4, 0.5) is 0 Å². The van der Waals surface area contributed by atoms with Crippen molar-refractivity contribution in [2.45, 2.75) is 13.5 Å². The number of carbonyl (C=O) groups excluding carboxylic acids is 2. The third-order valence-corrected chi connectivity index (χ3v) is 4.51. The first-order chi connectivity index (χ1) is 10.7. The van der Waals surface area contributed by atoms with Crippen molar-refractivity contribution >= 4 is 33.6 Å². The van der Waals surface area contributed by atoms with Gasteiger partial charge in [0.05, 0.1) is 4.88 Å². The highest BCUT2D eigenvalue weighted by Crippen LogP contribution is 2.25. The van der Waals surface area contributed by atoms with Gasteiger partial charge < -0.3 is 5.32 Å². The van der Waals surface area contributed by atoms with E-state index in [0.717, 1.165) is 32.4 Å². The fourth-order valence-corrected chi connectivity index (χ4v) is 3.20. The highest BCUT2D eigenvalue weighted by atomic mass is 32.1. The van der Waals surface area contributed by atoms with E-state index in [4.69, 9.17) is 0 Å². The lowest BCUT2D eigenvalue weighted by atomic mass is 10.1. The zero-order chi connectivity index (χ0) is 15.5. The molecule has 0 bridgehead atoms. The number of aryl methyl sites for hydroxylation is 1. The van der Waals surface area contributed by atoms with Crippen LogP contribution in [-0.4, -0.2) is 12.2 Å². The van der Waals surface area contributed by atoms with Crippen molar-refractivity contribution in [2.75, 3.05) is 0 Å². The number of thiophene rings is 1. The highest BCUT2D eigenvalue weighted by molar-refractivity contribution is 7.20. The molecule has 0 unspecified atom stereocenters. The number of benzene rings is 2. The van der Waals surface area contributed by atoms with Crippen LogP contribution >= 0.6 is 11.3 Å². The molecule has 2 aromatic carbocycles. The third-order valence-electron chi connectivity index (χ3n) is 3.49. The lowest BCUT2D eigenvalue weighted by Gasteiger charge is -2.06. The van der Waals surface area contributed by atoms with Gasteiger partial charge in [0, 0.05) is 16.8 Å². The second-order valence-electron chi connectivity index (χ2n) is 5.19. The average Bonchev–Trinajstić information content (AvgIpc) is 2.95. The van der Waals surface area contributed by atoms with Crippen molar-refractivity contribution in [3.63, 3.8) is 0 Å². The average molecular weight is 309 g/mol. The van der Waals surface area contributed by atoms with E-state index in [2.05, 4.69) is 5.32 Å². The molecule has 1 aromatic heterocycles. The number of hydrogen-bond acceptors (Lipinski definition) is 3. The Morgan fingerprint density at radius 1 is 1.14 bits per heavy atom. The topological polar surface area (TPSA) is 46.2 Å². The molecule has 0 aliphatic carbocycles.